The average Bonchev–Trinajstić information content (AvgIpc) is 2.79. The highest BCUT2D eigenvalue weighted by Gasteiger charge is 2.09. The fourth-order valence-corrected chi connectivity index (χ4v) is 3.98. The minimum Gasteiger partial charge on any atom is -0.488 e. The van der Waals surface area contributed by atoms with E-state index in [0.717, 1.165) is 15.6 Å². The number of benzene rings is 3. The zero-order valence-electron chi connectivity index (χ0n) is 17.2. The first kappa shape index (κ1) is 22.8. The first-order valence-corrected chi connectivity index (χ1v) is 11.3. The van der Waals surface area contributed by atoms with Gasteiger partial charge in [0.1, 0.15) is 18.2 Å². The van der Waals surface area contributed by atoms with Gasteiger partial charge >= 0.3 is 0 Å². The molecule has 4 rings (SSSR count). The summed E-state index contributed by atoms with van der Waals surface area (Å²) < 4.78 is 8.57. The Kier molecular flexibility index (Phi) is 6.66. The SMILES string of the molecule is Cc1nc2ccc(Br)cc2c(=O)n1N=Cc1ccc(OCc2ccc([N+](=O)[O-])cc2)c(Br)c1. The van der Waals surface area contributed by atoms with Gasteiger partial charge in [-0.1, -0.05) is 15.9 Å². The van der Waals surface area contributed by atoms with Gasteiger partial charge in [-0.25, -0.2) is 4.98 Å². The Hall–Kier alpha value is -3.37. The van der Waals surface area contributed by atoms with E-state index in [1.807, 2.05) is 18.2 Å². The third-order valence-electron chi connectivity index (χ3n) is 4.79. The van der Waals surface area contributed by atoms with Crippen molar-refractivity contribution in [3.63, 3.8) is 0 Å². The van der Waals surface area contributed by atoms with Crippen molar-refractivity contribution < 1.29 is 9.66 Å². The molecule has 0 atom stereocenters. The molecule has 0 saturated carbocycles. The maximum Gasteiger partial charge on any atom is 0.282 e. The van der Waals surface area contributed by atoms with E-state index in [1.165, 1.54) is 16.8 Å². The number of nitro benzene ring substituents is 1. The average molecular weight is 572 g/mol. The molecule has 0 aliphatic carbocycles. The maximum absolute atomic E-state index is 12.8. The molecule has 10 heteroatoms. The zero-order valence-corrected chi connectivity index (χ0v) is 20.4. The highest BCUT2D eigenvalue weighted by molar-refractivity contribution is 9.10. The first-order valence-electron chi connectivity index (χ1n) is 9.71. The molecule has 166 valence electrons. The first-order chi connectivity index (χ1) is 15.8. The maximum atomic E-state index is 12.8. The summed E-state index contributed by atoms with van der Waals surface area (Å²) in [7, 11) is 0. The standard InChI is InChI=1S/C23H16Br2N4O4/c1-14-27-21-8-5-17(24)11-19(21)23(30)28(14)26-12-16-4-9-22(20(25)10-16)33-13-15-2-6-18(7-3-15)29(31)32/h2-12H,13H2,1H3. The van der Waals surface area contributed by atoms with Crippen LogP contribution in [-0.2, 0) is 6.61 Å². The number of halogens is 2. The molecule has 1 aromatic heterocycles. The van der Waals surface area contributed by atoms with Gasteiger partial charge in [0.15, 0.2) is 0 Å². The molecule has 0 spiro atoms. The van der Waals surface area contributed by atoms with Crippen LogP contribution in [0.3, 0.4) is 0 Å². The second kappa shape index (κ2) is 9.63. The van der Waals surface area contributed by atoms with Crippen molar-refractivity contribution in [2.75, 3.05) is 0 Å². The van der Waals surface area contributed by atoms with Gasteiger partial charge in [0.05, 0.1) is 26.5 Å². The van der Waals surface area contributed by atoms with Crippen LogP contribution in [0, 0.1) is 17.0 Å². The minimum atomic E-state index is -0.440. The van der Waals surface area contributed by atoms with Gasteiger partial charge in [-0.15, -0.1) is 0 Å². The Morgan fingerprint density at radius 1 is 1.12 bits per heavy atom. The smallest absolute Gasteiger partial charge is 0.282 e. The molecule has 1 heterocycles. The predicted molar refractivity (Wildman–Crippen MR) is 133 cm³/mol. The molecule has 0 amide bonds. The number of hydrogen-bond donors (Lipinski definition) is 0. The van der Waals surface area contributed by atoms with Gasteiger partial charge in [0, 0.05) is 16.6 Å². The van der Waals surface area contributed by atoms with Gasteiger partial charge in [-0.2, -0.15) is 9.78 Å². The lowest BCUT2D eigenvalue weighted by Crippen LogP contribution is -2.20. The van der Waals surface area contributed by atoms with Crippen molar-refractivity contribution in [2.45, 2.75) is 13.5 Å². The lowest BCUT2D eigenvalue weighted by molar-refractivity contribution is -0.384. The van der Waals surface area contributed by atoms with Gasteiger partial charge in [0.25, 0.3) is 11.2 Å². The van der Waals surface area contributed by atoms with Crippen molar-refractivity contribution in [2.24, 2.45) is 5.10 Å². The molecule has 0 radical (unpaired) electrons. The van der Waals surface area contributed by atoms with Gasteiger partial charge in [-0.05, 0) is 82.5 Å². The van der Waals surface area contributed by atoms with Crippen molar-refractivity contribution in [1.82, 2.24) is 9.66 Å². The van der Waals surface area contributed by atoms with Crippen LogP contribution in [0.2, 0.25) is 0 Å². The van der Waals surface area contributed by atoms with Crippen LogP contribution < -0.4 is 10.3 Å². The number of nitrogens with zero attached hydrogens (tertiary/aromatic N) is 4. The Bertz CT molecular complexity index is 1450. The molecule has 0 N–H and O–H groups in total. The van der Waals surface area contributed by atoms with Gasteiger partial charge < -0.3 is 4.74 Å². The van der Waals surface area contributed by atoms with Crippen molar-refractivity contribution in [3.8, 4) is 5.75 Å². The third kappa shape index (κ3) is 5.18. The highest BCUT2D eigenvalue weighted by atomic mass is 79.9. The van der Waals surface area contributed by atoms with E-state index in [1.54, 1.807) is 43.5 Å². The number of nitro groups is 1. The molecule has 0 saturated heterocycles. The molecule has 0 unspecified atom stereocenters. The molecule has 8 nitrogen and oxygen atoms in total. The van der Waals surface area contributed by atoms with Crippen LogP contribution in [-0.4, -0.2) is 20.8 Å². The number of aryl methyl sites for hydroxylation is 1. The molecular formula is C23H16Br2N4O4. The van der Waals surface area contributed by atoms with Crippen molar-refractivity contribution >= 4 is 54.7 Å². The summed E-state index contributed by atoms with van der Waals surface area (Å²) in [5.74, 6) is 1.09. The second-order valence-corrected chi connectivity index (χ2v) is 8.85. The predicted octanol–water partition coefficient (Wildman–Crippen LogP) is 5.60. The molecule has 0 fully saturated rings. The quantitative estimate of drug-likeness (QED) is 0.170. The van der Waals surface area contributed by atoms with Crippen LogP contribution in [0.1, 0.15) is 17.0 Å². The zero-order chi connectivity index (χ0) is 23.5. The molecule has 0 bridgehead atoms. The number of hydrogen-bond acceptors (Lipinski definition) is 6. The fraction of sp³-hybridized carbons (Fsp3) is 0.0870. The molecule has 0 aliphatic heterocycles. The molecular weight excluding hydrogens is 556 g/mol. The summed E-state index contributed by atoms with van der Waals surface area (Å²) in [6, 6.07) is 17.0. The fourth-order valence-electron chi connectivity index (χ4n) is 3.11. The van der Waals surface area contributed by atoms with E-state index in [2.05, 4.69) is 41.9 Å². The van der Waals surface area contributed by atoms with E-state index >= 15 is 0 Å². The lowest BCUT2D eigenvalue weighted by Gasteiger charge is -2.09. The second-order valence-electron chi connectivity index (χ2n) is 7.08. The van der Waals surface area contributed by atoms with E-state index in [0.29, 0.717) is 26.9 Å². The largest absolute Gasteiger partial charge is 0.488 e. The summed E-state index contributed by atoms with van der Waals surface area (Å²) in [5, 5.41) is 15.6. The van der Waals surface area contributed by atoms with E-state index < -0.39 is 4.92 Å². The summed E-state index contributed by atoms with van der Waals surface area (Å²) in [5.41, 5.74) is 1.96. The van der Waals surface area contributed by atoms with Gasteiger partial charge in [-0.3, -0.25) is 14.9 Å². The topological polar surface area (TPSA) is 99.6 Å². The monoisotopic (exact) mass is 570 g/mol. The number of ether oxygens (including phenoxy) is 1. The van der Waals surface area contributed by atoms with Crippen LogP contribution in [0.25, 0.3) is 10.9 Å². The Morgan fingerprint density at radius 2 is 1.88 bits per heavy atom. The highest BCUT2D eigenvalue weighted by Crippen LogP contribution is 2.26. The summed E-state index contributed by atoms with van der Waals surface area (Å²) in [4.78, 5) is 27.6. The number of fused-ring (bicyclic) bond motifs is 1. The van der Waals surface area contributed by atoms with Crippen molar-refractivity contribution in [3.05, 3.63) is 107 Å². The van der Waals surface area contributed by atoms with Crippen LogP contribution >= 0.6 is 31.9 Å². The van der Waals surface area contributed by atoms with Crippen LogP contribution in [0.5, 0.6) is 5.75 Å². The number of non-ortho nitro benzene ring substituents is 1. The summed E-state index contributed by atoms with van der Waals surface area (Å²) in [6.07, 6.45) is 1.57. The van der Waals surface area contributed by atoms with Crippen molar-refractivity contribution in [1.29, 1.82) is 0 Å². The molecule has 3 aromatic carbocycles. The molecule has 4 aromatic rings. The summed E-state index contributed by atoms with van der Waals surface area (Å²) in [6.45, 7) is 1.99. The van der Waals surface area contributed by atoms with E-state index in [9.17, 15) is 14.9 Å². The normalized spacial score (nSPS) is 11.2. The minimum absolute atomic E-state index is 0.0344. The third-order valence-corrected chi connectivity index (χ3v) is 5.90. The Labute approximate surface area is 204 Å². The van der Waals surface area contributed by atoms with E-state index in [4.69, 9.17) is 4.74 Å². The molecule has 33 heavy (non-hydrogen) atoms. The van der Waals surface area contributed by atoms with E-state index in [-0.39, 0.29) is 17.9 Å². The lowest BCUT2D eigenvalue weighted by atomic mass is 10.2. The van der Waals surface area contributed by atoms with Crippen LogP contribution in [0.4, 0.5) is 5.69 Å². The summed E-state index contributed by atoms with van der Waals surface area (Å²) >= 11 is 6.86. The Morgan fingerprint density at radius 3 is 2.58 bits per heavy atom. The Balaban J connectivity index is 1.51. The number of aromatic nitrogens is 2. The molecule has 0 aliphatic rings. The van der Waals surface area contributed by atoms with Gasteiger partial charge in [0.2, 0.25) is 0 Å². The number of rotatable bonds is 6. The van der Waals surface area contributed by atoms with Crippen LogP contribution in [0.15, 0.2) is 79.5 Å².